The molecule has 2 aliphatic heterocycles. The Labute approximate surface area is 208 Å². The molecule has 5 rings (SSSR count). The van der Waals surface area contributed by atoms with Gasteiger partial charge in [-0.15, -0.1) is 0 Å². The number of halogens is 1. The van der Waals surface area contributed by atoms with E-state index in [0.29, 0.717) is 29.4 Å². The second-order valence-electron chi connectivity index (χ2n) is 8.56. The van der Waals surface area contributed by atoms with Gasteiger partial charge in [-0.05, 0) is 60.9 Å². The molecule has 2 heterocycles. The van der Waals surface area contributed by atoms with Crippen LogP contribution < -0.4 is 9.64 Å². The van der Waals surface area contributed by atoms with Crippen LogP contribution in [-0.2, 0) is 21.4 Å². The van der Waals surface area contributed by atoms with Crippen molar-refractivity contribution in [2.24, 2.45) is 0 Å². The maximum Gasteiger partial charge on any atom is 0.299 e. The van der Waals surface area contributed by atoms with Gasteiger partial charge in [-0.2, -0.15) is 4.31 Å². The van der Waals surface area contributed by atoms with Crippen LogP contribution in [0.15, 0.2) is 77.7 Å². The Morgan fingerprint density at radius 2 is 1.71 bits per heavy atom. The summed E-state index contributed by atoms with van der Waals surface area (Å²) in [6.45, 7) is 0.796. The van der Waals surface area contributed by atoms with Crippen LogP contribution in [0.2, 0.25) is 5.02 Å². The lowest BCUT2D eigenvalue weighted by Gasteiger charge is -2.24. The molecule has 180 valence electrons. The smallest absolute Gasteiger partial charge is 0.299 e. The summed E-state index contributed by atoms with van der Waals surface area (Å²) in [5.41, 5.74) is 1.30. The van der Waals surface area contributed by atoms with Gasteiger partial charge in [-0.1, -0.05) is 41.9 Å². The molecule has 3 aromatic carbocycles. The number of nitrogens with zero attached hydrogens (tertiary/aromatic N) is 2. The molecule has 3 aromatic rings. The second kappa shape index (κ2) is 9.45. The Balaban J connectivity index is 1.38. The SMILES string of the molecule is O=C1C(=O)N(Cc2ccc(Cl)cc2)c2ccc(S(=O)(=O)N3CCC[C@H]3COc3ccccc3)cc21. The van der Waals surface area contributed by atoms with Crippen molar-refractivity contribution >= 4 is 39.0 Å². The van der Waals surface area contributed by atoms with Gasteiger partial charge in [0.1, 0.15) is 12.4 Å². The number of anilines is 1. The highest BCUT2D eigenvalue weighted by molar-refractivity contribution is 7.89. The molecular formula is C26H23ClN2O5S. The average molecular weight is 511 g/mol. The van der Waals surface area contributed by atoms with Gasteiger partial charge in [0.25, 0.3) is 11.7 Å². The molecule has 7 nitrogen and oxygen atoms in total. The van der Waals surface area contributed by atoms with Crippen molar-refractivity contribution in [3.8, 4) is 5.75 Å². The van der Waals surface area contributed by atoms with Crippen LogP contribution in [0.4, 0.5) is 5.69 Å². The number of hydrogen-bond acceptors (Lipinski definition) is 5. The number of hydrogen-bond donors (Lipinski definition) is 0. The topological polar surface area (TPSA) is 84.0 Å². The van der Waals surface area contributed by atoms with Crippen LogP contribution in [-0.4, -0.2) is 43.6 Å². The van der Waals surface area contributed by atoms with E-state index in [4.69, 9.17) is 16.3 Å². The van der Waals surface area contributed by atoms with Gasteiger partial charge < -0.3 is 9.64 Å². The van der Waals surface area contributed by atoms with Crippen LogP contribution >= 0.6 is 11.6 Å². The van der Waals surface area contributed by atoms with Crippen LogP contribution in [0.5, 0.6) is 5.75 Å². The van der Waals surface area contributed by atoms with Gasteiger partial charge in [0.15, 0.2) is 0 Å². The molecule has 1 amide bonds. The maximum absolute atomic E-state index is 13.5. The summed E-state index contributed by atoms with van der Waals surface area (Å²) in [4.78, 5) is 26.8. The van der Waals surface area contributed by atoms with E-state index in [1.807, 2.05) is 30.3 Å². The number of carbonyl (C=O) groups excluding carboxylic acids is 2. The van der Waals surface area contributed by atoms with Crippen molar-refractivity contribution in [2.45, 2.75) is 30.3 Å². The molecule has 0 aromatic heterocycles. The lowest BCUT2D eigenvalue weighted by atomic mass is 10.1. The highest BCUT2D eigenvalue weighted by Crippen LogP contribution is 2.34. The van der Waals surface area contributed by atoms with E-state index >= 15 is 0 Å². The molecule has 1 saturated heterocycles. The Morgan fingerprint density at radius 1 is 0.971 bits per heavy atom. The molecule has 0 aliphatic carbocycles. The first-order valence-electron chi connectivity index (χ1n) is 11.3. The molecule has 0 spiro atoms. The van der Waals surface area contributed by atoms with Gasteiger partial charge in [0.05, 0.1) is 28.7 Å². The van der Waals surface area contributed by atoms with Crippen molar-refractivity contribution in [1.29, 1.82) is 0 Å². The van der Waals surface area contributed by atoms with E-state index < -0.39 is 21.7 Å². The lowest BCUT2D eigenvalue weighted by molar-refractivity contribution is -0.114. The van der Waals surface area contributed by atoms with E-state index in [-0.39, 0.29) is 29.7 Å². The van der Waals surface area contributed by atoms with Crippen molar-refractivity contribution in [2.75, 3.05) is 18.1 Å². The molecule has 0 bridgehead atoms. The summed E-state index contributed by atoms with van der Waals surface area (Å²) in [6, 6.07) is 20.2. The maximum atomic E-state index is 13.5. The number of fused-ring (bicyclic) bond motifs is 1. The molecule has 0 saturated carbocycles. The molecule has 1 atom stereocenters. The predicted molar refractivity (Wildman–Crippen MR) is 132 cm³/mol. The fourth-order valence-electron chi connectivity index (χ4n) is 4.51. The third-order valence-electron chi connectivity index (χ3n) is 6.31. The van der Waals surface area contributed by atoms with Crippen LogP contribution in [0.1, 0.15) is 28.8 Å². The molecular weight excluding hydrogens is 488 g/mol. The van der Waals surface area contributed by atoms with E-state index in [2.05, 4.69) is 0 Å². The van der Waals surface area contributed by atoms with E-state index in [0.717, 1.165) is 12.0 Å². The second-order valence-corrected chi connectivity index (χ2v) is 10.9. The number of Topliss-reactive ketones (excluding diaryl/α,β-unsaturated/α-hetero) is 1. The Kier molecular flexibility index (Phi) is 6.35. The van der Waals surface area contributed by atoms with E-state index in [1.165, 1.54) is 27.4 Å². The summed E-state index contributed by atoms with van der Waals surface area (Å²) in [5.74, 6) is -0.713. The average Bonchev–Trinajstić information content (AvgIpc) is 3.44. The van der Waals surface area contributed by atoms with Crippen molar-refractivity contribution in [3.63, 3.8) is 0 Å². The quantitative estimate of drug-likeness (QED) is 0.442. The van der Waals surface area contributed by atoms with Crippen molar-refractivity contribution in [3.05, 3.63) is 88.9 Å². The van der Waals surface area contributed by atoms with Crippen molar-refractivity contribution in [1.82, 2.24) is 4.31 Å². The normalized spacial score (nSPS) is 18.2. The number of rotatable bonds is 7. The monoisotopic (exact) mass is 510 g/mol. The molecule has 0 radical (unpaired) electrons. The van der Waals surface area contributed by atoms with Crippen LogP contribution in [0, 0.1) is 0 Å². The number of ketones is 1. The summed E-state index contributed by atoms with van der Waals surface area (Å²) < 4.78 is 34.2. The number of benzene rings is 3. The number of sulfonamides is 1. The minimum Gasteiger partial charge on any atom is -0.492 e. The van der Waals surface area contributed by atoms with Crippen LogP contribution in [0.3, 0.4) is 0 Å². The highest BCUT2D eigenvalue weighted by Gasteiger charge is 2.40. The molecule has 0 unspecified atom stereocenters. The number of amides is 1. The third-order valence-corrected chi connectivity index (χ3v) is 8.51. The third kappa shape index (κ3) is 4.57. The number of para-hydroxylation sites is 1. The first-order valence-corrected chi connectivity index (χ1v) is 13.1. The first kappa shape index (κ1) is 23.5. The standard InChI is InChI=1S/C26H23ClN2O5S/c27-19-10-8-18(9-11-19)16-28-24-13-12-22(15-23(24)25(30)26(28)31)35(32,33)29-14-4-5-20(29)17-34-21-6-2-1-3-7-21/h1-3,6-13,15,20H,4-5,14,16-17H2/t20-/m0/s1. The minimum atomic E-state index is -3.88. The summed E-state index contributed by atoms with van der Waals surface area (Å²) in [7, 11) is -3.88. The fraction of sp³-hybridized carbons (Fsp3) is 0.231. The van der Waals surface area contributed by atoms with E-state index in [1.54, 1.807) is 24.3 Å². The fourth-order valence-corrected chi connectivity index (χ4v) is 6.34. The van der Waals surface area contributed by atoms with Gasteiger partial charge in [0, 0.05) is 11.6 Å². The first-order chi connectivity index (χ1) is 16.8. The Hall–Kier alpha value is -3.20. The molecule has 1 fully saturated rings. The summed E-state index contributed by atoms with van der Waals surface area (Å²) in [5, 5.41) is 0.571. The zero-order valence-electron chi connectivity index (χ0n) is 18.8. The van der Waals surface area contributed by atoms with Crippen LogP contribution in [0.25, 0.3) is 0 Å². The minimum absolute atomic E-state index is 0.00245. The Bertz CT molecular complexity index is 1380. The number of carbonyl (C=O) groups is 2. The lowest BCUT2D eigenvalue weighted by Crippen LogP contribution is -2.39. The highest BCUT2D eigenvalue weighted by atomic mass is 35.5. The largest absolute Gasteiger partial charge is 0.492 e. The summed E-state index contributed by atoms with van der Waals surface area (Å²) >= 11 is 5.93. The van der Waals surface area contributed by atoms with Gasteiger partial charge in [-0.3, -0.25) is 9.59 Å². The van der Waals surface area contributed by atoms with Crippen molar-refractivity contribution < 1.29 is 22.7 Å². The molecule has 0 N–H and O–H groups in total. The molecule has 2 aliphatic rings. The Morgan fingerprint density at radius 3 is 2.46 bits per heavy atom. The van der Waals surface area contributed by atoms with Gasteiger partial charge >= 0.3 is 0 Å². The molecule has 35 heavy (non-hydrogen) atoms. The predicted octanol–water partition coefficient (Wildman–Crippen LogP) is 4.30. The van der Waals surface area contributed by atoms with Gasteiger partial charge in [0.2, 0.25) is 10.0 Å². The summed E-state index contributed by atoms with van der Waals surface area (Å²) in [6.07, 6.45) is 1.41. The zero-order chi connectivity index (χ0) is 24.6. The number of ether oxygens (including phenoxy) is 1. The van der Waals surface area contributed by atoms with E-state index in [9.17, 15) is 18.0 Å². The van der Waals surface area contributed by atoms with Gasteiger partial charge in [-0.25, -0.2) is 8.42 Å². The zero-order valence-corrected chi connectivity index (χ0v) is 20.3. The molecule has 9 heteroatoms.